The first-order chi connectivity index (χ1) is 12.8. The van der Waals surface area contributed by atoms with Gasteiger partial charge in [0.1, 0.15) is 5.58 Å². The molecule has 0 saturated carbocycles. The second kappa shape index (κ2) is 4.66. The van der Waals surface area contributed by atoms with Gasteiger partial charge in [0.25, 0.3) is 5.56 Å². The molecule has 0 unspecified atom stereocenters. The monoisotopic (exact) mass is 345 g/mol. The van der Waals surface area contributed by atoms with Crippen molar-refractivity contribution in [3.63, 3.8) is 0 Å². The molecule has 2 aromatic carbocycles. The number of benzene rings is 2. The Hall–Kier alpha value is -3.74. The zero-order valence-electron chi connectivity index (χ0n) is 13.3. The van der Waals surface area contributed by atoms with Crippen LogP contribution < -0.4 is 15.0 Å². The van der Waals surface area contributed by atoms with E-state index in [4.69, 9.17) is 13.9 Å². The topological polar surface area (TPSA) is 93.1 Å². The number of hydrogen-bond acceptors (Lipinski definition) is 5. The normalized spacial score (nSPS) is 13.2. The molecule has 6 rings (SSSR count). The van der Waals surface area contributed by atoms with E-state index in [9.17, 15) is 4.79 Å². The van der Waals surface area contributed by atoms with Gasteiger partial charge < -0.3 is 18.9 Å². The molecule has 0 saturated heterocycles. The molecule has 0 spiro atoms. The van der Waals surface area contributed by atoms with Crippen LogP contribution in [0.15, 0.2) is 51.7 Å². The lowest BCUT2D eigenvalue weighted by molar-refractivity contribution is 0.174. The van der Waals surface area contributed by atoms with Crippen LogP contribution in [-0.2, 0) is 0 Å². The molecule has 5 aromatic rings. The highest BCUT2D eigenvalue weighted by atomic mass is 16.7. The Labute approximate surface area is 145 Å². The fraction of sp³-hybridized carbons (Fsp3) is 0.0526. The molecule has 0 aliphatic carbocycles. The maximum atomic E-state index is 12.5. The number of rotatable bonds is 1. The van der Waals surface area contributed by atoms with Crippen molar-refractivity contribution >= 4 is 32.8 Å². The molecule has 0 fully saturated rings. The second-order valence-electron chi connectivity index (χ2n) is 6.18. The third-order valence-electron chi connectivity index (χ3n) is 4.68. The van der Waals surface area contributed by atoms with Gasteiger partial charge >= 0.3 is 0 Å². The standard InChI is InChI=1S/C19H11N3O4/c23-19-16-10-6-13-14(25-8-24-13)7-11(10)20-18(16)17(21-22-19)15-5-9-3-1-2-4-12(9)26-15/h1-7,20H,8H2,(H,22,23). The van der Waals surface area contributed by atoms with E-state index < -0.39 is 0 Å². The van der Waals surface area contributed by atoms with Gasteiger partial charge in [-0.25, -0.2) is 5.10 Å². The minimum atomic E-state index is -0.273. The van der Waals surface area contributed by atoms with Crippen molar-refractivity contribution in [3.05, 3.63) is 52.8 Å². The molecule has 0 bridgehead atoms. The van der Waals surface area contributed by atoms with Gasteiger partial charge in [0, 0.05) is 16.8 Å². The van der Waals surface area contributed by atoms with Crippen molar-refractivity contribution in [3.8, 4) is 23.0 Å². The van der Waals surface area contributed by atoms with Crippen molar-refractivity contribution in [2.24, 2.45) is 0 Å². The lowest BCUT2D eigenvalue weighted by atomic mass is 10.1. The summed E-state index contributed by atoms with van der Waals surface area (Å²) < 4.78 is 16.8. The Balaban J connectivity index is 1.70. The highest BCUT2D eigenvalue weighted by Crippen LogP contribution is 2.39. The van der Waals surface area contributed by atoms with Crippen LogP contribution in [0, 0.1) is 0 Å². The molecule has 2 N–H and O–H groups in total. The summed E-state index contributed by atoms with van der Waals surface area (Å²) in [6, 6.07) is 13.3. The molecule has 7 heteroatoms. The molecule has 1 aliphatic rings. The van der Waals surface area contributed by atoms with Gasteiger partial charge in [-0.15, -0.1) is 0 Å². The number of aromatic amines is 2. The highest BCUT2D eigenvalue weighted by Gasteiger charge is 2.21. The number of nitrogens with zero attached hydrogens (tertiary/aromatic N) is 1. The van der Waals surface area contributed by atoms with Crippen molar-refractivity contribution in [1.29, 1.82) is 0 Å². The first kappa shape index (κ1) is 13.5. The van der Waals surface area contributed by atoms with Crippen LogP contribution in [0.2, 0.25) is 0 Å². The van der Waals surface area contributed by atoms with Gasteiger partial charge in [0.15, 0.2) is 23.0 Å². The quantitative estimate of drug-likeness (QED) is 0.485. The van der Waals surface area contributed by atoms with Crippen LogP contribution in [0.1, 0.15) is 0 Å². The van der Waals surface area contributed by atoms with Crippen molar-refractivity contribution < 1.29 is 13.9 Å². The highest BCUT2D eigenvalue weighted by molar-refractivity contribution is 6.11. The van der Waals surface area contributed by atoms with Crippen LogP contribution in [-0.4, -0.2) is 22.0 Å². The van der Waals surface area contributed by atoms with E-state index in [1.807, 2.05) is 42.5 Å². The van der Waals surface area contributed by atoms with E-state index in [-0.39, 0.29) is 12.4 Å². The number of H-pyrrole nitrogens is 2. The molecule has 3 aromatic heterocycles. The summed E-state index contributed by atoms with van der Waals surface area (Å²) in [5, 5.41) is 9.04. The SMILES string of the molecule is O=c1[nH]nc(-c2cc3ccccc3o2)c2[nH]c3cc4c(cc3c12)OCO4. The molecule has 1 aliphatic heterocycles. The summed E-state index contributed by atoms with van der Waals surface area (Å²) >= 11 is 0. The number of hydrogen-bond donors (Lipinski definition) is 2. The molecular formula is C19H11N3O4. The van der Waals surface area contributed by atoms with Crippen LogP contribution in [0.4, 0.5) is 0 Å². The zero-order chi connectivity index (χ0) is 17.3. The average Bonchev–Trinajstić information content (AvgIpc) is 3.35. The van der Waals surface area contributed by atoms with E-state index in [1.54, 1.807) is 0 Å². The number of aromatic nitrogens is 3. The van der Waals surface area contributed by atoms with Crippen molar-refractivity contribution in [1.82, 2.24) is 15.2 Å². The van der Waals surface area contributed by atoms with Crippen LogP contribution in [0.5, 0.6) is 11.5 Å². The lowest BCUT2D eigenvalue weighted by Crippen LogP contribution is -2.08. The summed E-state index contributed by atoms with van der Waals surface area (Å²) in [5.74, 6) is 1.86. The molecule has 0 amide bonds. The lowest BCUT2D eigenvalue weighted by Gasteiger charge is -1.97. The van der Waals surface area contributed by atoms with Crippen LogP contribution in [0.25, 0.3) is 44.2 Å². The Bertz CT molecular complexity index is 1360. The fourth-order valence-corrected chi connectivity index (χ4v) is 3.49. The van der Waals surface area contributed by atoms with Gasteiger partial charge in [-0.1, -0.05) is 18.2 Å². The number of nitrogens with one attached hydrogen (secondary N) is 2. The first-order valence-corrected chi connectivity index (χ1v) is 8.10. The second-order valence-corrected chi connectivity index (χ2v) is 6.18. The van der Waals surface area contributed by atoms with Gasteiger partial charge in [-0.05, 0) is 18.2 Å². The minimum Gasteiger partial charge on any atom is -0.454 e. The summed E-state index contributed by atoms with van der Waals surface area (Å²) in [7, 11) is 0. The molecule has 7 nitrogen and oxygen atoms in total. The predicted molar refractivity (Wildman–Crippen MR) is 95.6 cm³/mol. The van der Waals surface area contributed by atoms with Gasteiger partial charge in [0.2, 0.25) is 6.79 Å². The van der Waals surface area contributed by atoms with Crippen molar-refractivity contribution in [2.75, 3.05) is 6.79 Å². The maximum absolute atomic E-state index is 12.5. The summed E-state index contributed by atoms with van der Waals surface area (Å²) in [5.41, 5.74) is 2.44. The largest absolute Gasteiger partial charge is 0.454 e. The van der Waals surface area contributed by atoms with E-state index in [2.05, 4.69) is 15.2 Å². The summed E-state index contributed by atoms with van der Waals surface area (Å²) in [6.45, 7) is 0.183. The maximum Gasteiger partial charge on any atom is 0.274 e. The molecule has 26 heavy (non-hydrogen) atoms. The van der Waals surface area contributed by atoms with E-state index in [0.29, 0.717) is 33.9 Å². The smallest absolute Gasteiger partial charge is 0.274 e. The predicted octanol–water partition coefficient (Wildman–Crippen LogP) is 3.55. The zero-order valence-corrected chi connectivity index (χ0v) is 13.3. The Morgan fingerprint density at radius 1 is 1.04 bits per heavy atom. The number of furan rings is 1. The van der Waals surface area contributed by atoms with Gasteiger partial charge in [0.05, 0.1) is 16.4 Å². The van der Waals surface area contributed by atoms with Gasteiger partial charge in [-0.3, -0.25) is 4.79 Å². The van der Waals surface area contributed by atoms with E-state index in [1.165, 1.54) is 0 Å². The summed E-state index contributed by atoms with van der Waals surface area (Å²) in [6.07, 6.45) is 0. The first-order valence-electron chi connectivity index (χ1n) is 8.10. The average molecular weight is 345 g/mol. The molecule has 126 valence electrons. The number of fused-ring (bicyclic) bond motifs is 5. The number of ether oxygens (including phenoxy) is 2. The van der Waals surface area contributed by atoms with Crippen molar-refractivity contribution in [2.45, 2.75) is 0 Å². The van der Waals surface area contributed by atoms with Crippen LogP contribution >= 0.6 is 0 Å². The Morgan fingerprint density at radius 3 is 2.77 bits per heavy atom. The molecular weight excluding hydrogens is 334 g/mol. The van der Waals surface area contributed by atoms with E-state index >= 15 is 0 Å². The third kappa shape index (κ3) is 1.71. The fourth-order valence-electron chi connectivity index (χ4n) is 3.49. The van der Waals surface area contributed by atoms with Gasteiger partial charge in [-0.2, -0.15) is 5.10 Å². The molecule has 4 heterocycles. The Morgan fingerprint density at radius 2 is 1.88 bits per heavy atom. The third-order valence-corrected chi connectivity index (χ3v) is 4.68. The van der Waals surface area contributed by atoms with E-state index in [0.717, 1.165) is 21.9 Å². The molecule has 0 radical (unpaired) electrons. The summed E-state index contributed by atoms with van der Waals surface area (Å²) in [4.78, 5) is 15.8. The van der Waals surface area contributed by atoms with Crippen LogP contribution in [0.3, 0.4) is 0 Å². The number of para-hydroxylation sites is 1. The minimum absolute atomic E-state index is 0.183. The molecule has 0 atom stereocenters. The Kier molecular flexibility index (Phi) is 2.43.